The Morgan fingerprint density at radius 1 is 0.769 bits per heavy atom. The molecule has 5 N–H and O–H groups in total. The molecule has 276 valence electrons. The number of rotatable bonds is 2. The van der Waals surface area contributed by atoms with Gasteiger partial charge in [0.2, 0.25) is 5.95 Å². The molecule has 3 heterocycles. The van der Waals surface area contributed by atoms with Crippen molar-refractivity contribution in [1.82, 2.24) is 14.9 Å². The molecule has 6 bridgehead atoms. The van der Waals surface area contributed by atoms with Crippen molar-refractivity contribution < 1.29 is 50.9 Å². The Balaban J connectivity index is 0.000000367. The molecule has 2 aliphatic heterocycles. The predicted octanol–water partition coefficient (Wildman–Crippen LogP) is 7.34. The highest BCUT2D eigenvalue weighted by molar-refractivity contribution is 6.32. The first-order valence-corrected chi connectivity index (χ1v) is 15.6. The quantitative estimate of drug-likeness (QED) is 0.131. The molecule has 0 unspecified atom stereocenters. The summed E-state index contributed by atoms with van der Waals surface area (Å²) in [6.45, 7) is 2.85. The van der Waals surface area contributed by atoms with Gasteiger partial charge < -0.3 is 36.0 Å². The summed E-state index contributed by atoms with van der Waals surface area (Å²) >= 11 is 6.42. The summed E-state index contributed by atoms with van der Waals surface area (Å²) < 4.78 is 63.5. The third-order valence-electron chi connectivity index (χ3n) is 7.37. The Kier molecular flexibility index (Phi) is 12.7. The van der Waals surface area contributed by atoms with E-state index in [-0.39, 0.29) is 6.03 Å². The Morgan fingerprint density at radius 2 is 1.38 bits per heavy atom. The zero-order chi connectivity index (χ0) is 38.1. The zero-order valence-corrected chi connectivity index (χ0v) is 27.6. The van der Waals surface area contributed by atoms with Crippen LogP contribution in [0.1, 0.15) is 11.1 Å². The van der Waals surface area contributed by atoms with Gasteiger partial charge in [-0.15, -0.1) is 0 Å². The highest BCUT2D eigenvalue weighted by Crippen LogP contribution is 2.31. The lowest BCUT2D eigenvalue weighted by Crippen LogP contribution is -2.50. The number of alkyl halides is 6. The molecule has 0 saturated carbocycles. The number of hydrogen-bond donors (Lipinski definition) is 5. The molecule has 2 amide bonds. The molecule has 4 aromatic rings. The number of hydrogen-bond acceptors (Lipinski definition) is 8. The molecule has 19 heteroatoms. The minimum atomic E-state index is -5.08. The van der Waals surface area contributed by atoms with Gasteiger partial charge in [0, 0.05) is 48.9 Å². The average Bonchev–Trinajstić information content (AvgIpc) is 3.09. The molecule has 2 aliphatic rings. The van der Waals surface area contributed by atoms with Gasteiger partial charge in [-0.05, 0) is 66.4 Å². The van der Waals surface area contributed by atoms with Crippen molar-refractivity contribution in [1.29, 1.82) is 0 Å². The monoisotopic (exact) mass is 753 g/mol. The van der Waals surface area contributed by atoms with E-state index in [0.717, 1.165) is 43.0 Å². The molecular weight excluding hydrogens is 724 g/mol. The molecular formula is C33H30ClF6N7O5. The maximum absolute atomic E-state index is 12.8. The molecule has 1 saturated heterocycles. The molecule has 0 radical (unpaired) electrons. The van der Waals surface area contributed by atoms with Gasteiger partial charge in [-0.1, -0.05) is 41.9 Å². The number of aromatic nitrogens is 2. The lowest BCUT2D eigenvalue weighted by molar-refractivity contribution is -0.193. The number of para-hydroxylation sites is 1. The number of carboxylic acids is 2. The van der Waals surface area contributed by atoms with E-state index in [0.29, 0.717) is 29.9 Å². The number of amides is 2. The van der Waals surface area contributed by atoms with Crippen LogP contribution in [0.25, 0.3) is 0 Å². The van der Waals surface area contributed by atoms with E-state index >= 15 is 0 Å². The van der Waals surface area contributed by atoms with Crippen molar-refractivity contribution in [2.24, 2.45) is 0 Å². The summed E-state index contributed by atoms with van der Waals surface area (Å²) in [7, 11) is 0. The molecule has 6 rings (SSSR count). The summed E-state index contributed by atoms with van der Waals surface area (Å²) in [4.78, 5) is 43.7. The molecule has 1 aromatic heterocycles. The van der Waals surface area contributed by atoms with Gasteiger partial charge in [0.05, 0.1) is 6.20 Å². The van der Waals surface area contributed by atoms with Crippen LogP contribution >= 0.6 is 11.6 Å². The van der Waals surface area contributed by atoms with Crippen molar-refractivity contribution in [3.8, 4) is 0 Å². The normalized spacial score (nSPS) is 13.8. The first-order valence-electron chi connectivity index (χ1n) is 15.2. The fraction of sp³-hybridized carbons (Fsp3) is 0.242. The Labute approximate surface area is 297 Å². The predicted molar refractivity (Wildman–Crippen MR) is 181 cm³/mol. The fourth-order valence-corrected chi connectivity index (χ4v) is 5.05. The zero-order valence-electron chi connectivity index (χ0n) is 26.8. The highest BCUT2D eigenvalue weighted by atomic mass is 35.5. The number of benzene rings is 3. The van der Waals surface area contributed by atoms with Gasteiger partial charge in [0.15, 0.2) is 5.82 Å². The number of carbonyl (C=O) groups is 3. The first-order chi connectivity index (χ1) is 24.5. The van der Waals surface area contributed by atoms with Gasteiger partial charge in [-0.2, -0.15) is 31.3 Å². The van der Waals surface area contributed by atoms with Crippen LogP contribution in [0, 0.1) is 0 Å². The summed E-state index contributed by atoms with van der Waals surface area (Å²) in [5, 5.41) is 24.3. The Bertz CT molecular complexity index is 1850. The Morgan fingerprint density at radius 3 is 2.00 bits per heavy atom. The SMILES string of the molecule is O=C(Nc1ccccc1)N1CCN(c2ccc3cc2CCc2cccc(c2)Nc2ncc(Cl)c(n2)N3)CC1.O=C(O)C(F)(F)F.O=C(O)C(F)(F)F. The van der Waals surface area contributed by atoms with Crippen molar-refractivity contribution in [2.75, 3.05) is 47.0 Å². The second-order valence-corrected chi connectivity index (χ2v) is 11.5. The van der Waals surface area contributed by atoms with Crippen LogP contribution in [-0.2, 0) is 22.4 Å². The highest BCUT2D eigenvalue weighted by Gasteiger charge is 2.39. The largest absolute Gasteiger partial charge is 0.490 e. The number of carboxylic acid groups (broad SMARTS) is 2. The van der Waals surface area contributed by atoms with E-state index in [2.05, 4.69) is 61.2 Å². The topological polar surface area (TPSA) is 160 Å². The second kappa shape index (κ2) is 17.0. The average molecular weight is 754 g/mol. The van der Waals surface area contributed by atoms with E-state index in [9.17, 15) is 31.1 Å². The standard InChI is InChI=1S/C29H28ClN7O.2C2HF3O2/c30-25-19-31-28-33-23-8-4-5-20(17-23)9-10-21-18-24(32-27(25)35-28)11-12-26(21)36-13-15-37(16-14-36)29(38)34-22-6-2-1-3-7-22;2*3-2(4,5)1(6)7/h1-8,11-12,17-19H,9-10,13-16H2,(H,34,38)(H2,31,32,33,35);2*(H,6,7). The van der Waals surface area contributed by atoms with Crippen LogP contribution in [0.5, 0.6) is 0 Å². The number of piperazine rings is 1. The molecule has 0 spiro atoms. The minimum absolute atomic E-state index is 0.0595. The number of urea groups is 1. The summed E-state index contributed by atoms with van der Waals surface area (Å²) in [6, 6.07) is 24.2. The number of aryl methyl sites for hydroxylation is 2. The van der Waals surface area contributed by atoms with Gasteiger partial charge in [0.25, 0.3) is 0 Å². The third-order valence-corrected chi connectivity index (χ3v) is 7.65. The fourth-order valence-electron chi connectivity index (χ4n) is 4.91. The van der Waals surface area contributed by atoms with Crippen molar-refractivity contribution in [2.45, 2.75) is 25.2 Å². The van der Waals surface area contributed by atoms with E-state index < -0.39 is 24.3 Å². The van der Waals surface area contributed by atoms with Gasteiger partial charge >= 0.3 is 30.3 Å². The smallest absolute Gasteiger partial charge is 0.475 e. The van der Waals surface area contributed by atoms with Crippen molar-refractivity contribution in [3.63, 3.8) is 0 Å². The number of halogens is 7. The van der Waals surface area contributed by atoms with Crippen LogP contribution in [0.15, 0.2) is 79.0 Å². The molecule has 0 aliphatic carbocycles. The van der Waals surface area contributed by atoms with E-state index in [1.54, 1.807) is 6.20 Å². The summed E-state index contributed by atoms with van der Waals surface area (Å²) in [6.07, 6.45) is -6.80. The number of nitrogens with one attached hydrogen (secondary N) is 3. The molecule has 12 nitrogen and oxygen atoms in total. The van der Waals surface area contributed by atoms with Crippen LogP contribution in [-0.4, -0.2) is 81.6 Å². The van der Waals surface area contributed by atoms with Crippen LogP contribution < -0.4 is 20.9 Å². The third kappa shape index (κ3) is 11.4. The number of fused-ring (bicyclic) bond motifs is 6. The number of anilines is 6. The second-order valence-electron chi connectivity index (χ2n) is 11.1. The van der Waals surface area contributed by atoms with E-state index in [1.165, 1.54) is 16.8 Å². The molecule has 3 aromatic carbocycles. The first kappa shape index (κ1) is 39.0. The maximum atomic E-state index is 12.8. The maximum Gasteiger partial charge on any atom is 0.490 e. The minimum Gasteiger partial charge on any atom is -0.475 e. The van der Waals surface area contributed by atoms with Crippen molar-refractivity contribution >= 4 is 64.1 Å². The number of carbonyl (C=O) groups excluding carboxylic acids is 1. The lowest BCUT2D eigenvalue weighted by Gasteiger charge is -2.37. The lowest BCUT2D eigenvalue weighted by atomic mass is 10.0. The van der Waals surface area contributed by atoms with Crippen LogP contribution in [0.2, 0.25) is 5.02 Å². The number of nitrogens with zero attached hydrogens (tertiary/aromatic N) is 4. The number of aliphatic carboxylic acids is 2. The Hall–Kier alpha value is -5.78. The van der Waals surface area contributed by atoms with E-state index in [1.807, 2.05) is 47.4 Å². The molecule has 52 heavy (non-hydrogen) atoms. The summed E-state index contributed by atoms with van der Waals surface area (Å²) in [5.41, 5.74) is 6.33. The summed E-state index contributed by atoms with van der Waals surface area (Å²) in [5.74, 6) is -4.48. The van der Waals surface area contributed by atoms with Crippen LogP contribution in [0.3, 0.4) is 0 Å². The van der Waals surface area contributed by atoms with Crippen molar-refractivity contribution in [3.05, 3.63) is 95.1 Å². The van der Waals surface area contributed by atoms with Gasteiger partial charge in [0.1, 0.15) is 5.02 Å². The van der Waals surface area contributed by atoms with E-state index in [4.69, 9.17) is 31.4 Å². The van der Waals surface area contributed by atoms with Gasteiger partial charge in [-0.3, -0.25) is 0 Å². The molecule has 1 fully saturated rings. The van der Waals surface area contributed by atoms with Gasteiger partial charge in [-0.25, -0.2) is 19.4 Å². The van der Waals surface area contributed by atoms with Crippen LogP contribution in [0.4, 0.5) is 65.7 Å². The molecule has 0 atom stereocenters.